The first-order valence-corrected chi connectivity index (χ1v) is 7.99. The number of hydrogen-bond acceptors (Lipinski definition) is 3. The van der Waals surface area contributed by atoms with E-state index in [0.29, 0.717) is 20.9 Å². The summed E-state index contributed by atoms with van der Waals surface area (Å²) < 4.78 is 0.864. The van der Waals surface area contributed by atoms with Crippen molar-refractivity contribution in [3.8, 4) is 0 Å². The summed E-state index contributed by atoms with van der Waals surface area (Å²) in [5.41, 5.74) is 2.47. The molecule has 0 saturated carbocycles. The summed E-state index contributed by atoms with van der Waals surface area (Å²) in [5, 5.41) is 7.17. The molecule has 3 rings (SSSR count). The summed E-state index contributed by atoms with van der Waals surface area (Å²) in [6, 6.07) is 10.2. The molecule has 0 aliphatic rings. The van der Waals surface area contributed by atoms with Crippen molar-refractivity contribution in [3.05, 3.63) is 52.0 Å². The highest BCUT2D eigenvalue weighted by Gasteiger charge is 2.11. The Kier molecular flexibility index (Phi) is 4.20. The number of aryl methyl sites for hydroxylation is 1. The fraction of sp³-hybridized carbons (Fsp3) is 0.0667. The average molecular weight is 352 g/mol. The van der Waals surface area contributed by atoms with Gasteiger partial charge < -0.3 is 5.32 Å². The molecule has 0 aliphatic heterocycles. The number of amides is 2. The van der Waals surface area contributed by atoms with E-state index < -0.39 is 0 Å². The summed E-state index contributed by atoms with van der Waals surface area (Å²) in [7, 11) is 0. The molecule has 2 amide bonds. The van der Waals surface area contributed by atoms with Gasteiger partial charge in [-0.15, -0.1) is 0 Å². The number of halogens is 2. The summed E-state index contributed by atoms with van der Waals surface area (Å²) in [5.74, 6) is 0. The van der Waals surface area contributed by atoms with Crippen LogP contribution in [-0.4, -0.2) is 11.0 Å². The van der Waals surface area contributed by atoms with Crippen molar-refractivity contribution in [3.63, 3.8) is 0 Å². The number of hydrogen-bond donors (Lipinski definition) is 2. The van der Waals surface area contributed by atoms with E-state index in [0.717, 1.165) is 15.8 Å². The van der Waals surface area contributed by atoms with E-state index in [9.17, 15) is 4.79 Å². The molecule has 112 valence electrons. The van der Waals surface area contributed by atoms with Gasteiger partial charge in [0.15, 0.2) is 5.13 Å². The van der Waals surface area contributed by atoms with Crippen LogP contribution in [0.4, 0.5) is 15.6 Å². The molecule has 0 bridgehead atoms. The van der Waals surface area contributed by atoms with Gasteiger partial charge >= 0.3 is 6.03 Å². The molecule has 3 aromatic rings. The monoisotopic (exact) mass is 351 g/mol. The van der Waals surface area contributed by atoms with Crippen LogP contribution in [0.15, 0.2) is 36.4 Å². The van der Waals surface area contributed by atoms with Crippen molar-refractivity contribution in [2.75, 3.05) is 10.6 Å². The minimum Gasteiger partial charge on any atom is -0.308 e. The second kappa shape index (κ2) is 6.12. The lowest BCUT2D eigenvalue weighted by molar-refractivity contribution is 0.262. The SMILES string of the molecule is Cc1ccc(Cl)c2sc(NC(=O)Nc3ccc(Cl)cc3)nc12. The summed E-state index contributed by atoms with van der Waals surface area (Å²) in [6.45, 7) is 1.95. The van der Waals surface area contributed by atoms with Gasteiger partial charge in [0, 0.05) is 10.7 Å². The number of thiazole rings is 1. The van der Waals surface area contributed by atoms with E-state index in [1.807, 2.05) is 19.1 Å². The molecule has 2 N–H and O–H groups in total. The summed E-state index contributed by atoms with van der Waals surface area (Å²) >= 11 is 13.3. The van der Waals surface area contributed by atoms with Gasteiger partial charge in [-0.25, -0.2) is 9.78 Å². The lowest BCUT2D eigenvalue weighted by Gasteiger charge is -2.04. The van der Waals surface area contributed by atoms with Crippen molar-refractivity contribution in [2.45, 2.75) is 6.92 Å². The Morgan fingerprint density at radius 2 is 1.82 bits per heavy atom. The van der Waals surface area contributed by atoms with Crippen LogP contribution in [0.25, 0.3) is 10.2 Å². The molecular formula is C15H11Cl2N3OS. The third kappa shape index (κ3) is 3.16. The van der Waals surface area contributed by atoms with Crippen LogP contribution in [0.2, 0.25) is 10.0 Å². The fourth-order valence-electron chi connectivity index (χ4n) is 1.95. The van der Waals surface area contributed by atoms with Crippen LogP contribution < -0.4 is 10.6 Å². The third-order valence-electron chi connectivity index (χ3n) is 3.02. The van der Waals surface area contributed by atoms with Gasteiger partial charge in [-0.3, -0.25) is 5.32 Å². The van der Waals surface area contributed by atoms with Crippen LogP contribution in [0.5, 0.6) is 0 Å². The number of anilines is 2. The summed E-state index contributed by atoms with van der Waals surface area (Å²) in [6.07, 6.45) is 0. The van der Waals surface area contributed by atoms with Gasteiger partial charge in [0.05, 0.1) is 15.2 Å². The zero-order valence-electron chi connectivity index (χ0n) is 11.5. The quantitative estimate of drug-likeness (QED) is 0.635. The van der Waals surface area contributed by atoms with Crippen molar-refractivity contribution in [1.82, 2.24) is 4.98 Å². The fourth-order valence-corrected chi connectivity index (χ4v) is 3.29. The lowest BCUT2D eigenvalue weighted by Crippen LogP contribution is -2.19. The molecule has 22 heavy (non-hydrogen) atoms. The van der Waals surface area contributed by atoms with Crippen molar-refractivity contribution in [2.24, 2.45) is 0 Å². The molecule has 1 heterocycles. The van der Waals surface area contributed by atoms with Crippen molar-refractivity contribution < 1.29 is 4.79 Å². The van der Waals surface area contributed by atoms with E-state index >= 15 is 0 Å². The third-order valence-corrected chi connectivity index (χ3v) is 4.70. The molecule has 0 radical (unpaired) electrons. The maximum absolute atomic E-state index is 12.0. The van der Waals surface area contributed by atoms with E-state index in [2.05, 4.69) is 15.6 Å². The smallest absolute Gasteiger partial charge is 0.308 e. The maximum atomic E-state index is 12.0. The molecule has 7 heteroatoms. The number of urea groups is 1. The molecule has 0 aliphatic carbocycles. The Balaban J connectivity index is 1.78. The van der Waals surface area contributed by atoms with Gasteiger partial charge in [-0.05, 0) is 42.8 Å². The highest BCUT2D eigenvalue weighted by atomic mass is 35.5. The van der Waals surface area contributed by atoms with Crippen LogP contribution in [0.3, 0.4) is 0 Å². The highest BCUT2D eigenvalue weighted by molar-refractivity contribution is 7.23. The average Bonchev–Trinajstić information content (AvgIpc) is 2.90. The van der Waals surface area contributed by atoms with Gasteiger partial charge in [-0.2, -0.15) is 0 Å². The van der Waals surface area contributed by atoms with E-state index in [4.69, 9.17) is 23.2 Å². The second-order valence-corrected chi connectivity index (χ2v) is 6.49. The van der Waals surface area contributed by atoms with E-state index in [1.165, 1.54) is 11.3 Å². The van der Waals surface area contributed by atoms with Crippen LogP contribution in [0, 0.1) is 6.92 Å². The number of rotatable bonds is 2. The molecule has 0 unspecified atom stereocenters. The first-order chi connectivity index (χ1) is 10.5. The van der Waals surface area contributed by atoms with E-state index in [1.54, 1.807) is 24.3 Å². The molecule has 0 spiro atoms. The molecule has 4 nitrogen and oxygen atoms in total. The van der Waals surface area contributed by atoms with Crippen LogP contribution in [-0.2, 0) is 0 Å². The first kappa shape index (κ1) is 15.1. The Morgan fingerprint density at radius 1 is 1.09 bits per heavy atom. The van der Waals surface area contributed by atoms with E-state index in [-0.39, 0.29) is 6.03 Å². The summed E-state index contributed by atoms with van der Waals surface area (Å²) in [4.78, 5) is 16.4. The zero-order valence-corrected chi connectivity index (χ0v) is 13.8. The zero-order chi connectivity index (χ0) is 15.7. The molecule has 2 aromatic carbocycles. The largest absolute Gasteiger partial charge is 0.325 e. The van der Waals surface area contributed by atoms with Crippen LogP contribution >= 0.6 is 34.5 Å². The molecule has 1 aromatic heterocycles. The van der Waals surface area contributed by atoms with Crippen LogP contribution in [0.1, 0.15) is 5.56 Å². The Bertz CT molecular complexity index is 807. The minimum absolute atomic E-state index is 0.366. The number of benzene rings is 2. The molecule has 0 atom stereocenters. The van der Waals surface area contributed by atoms with Gasteiger partial charge in [0.1, 0.15) is 0 Å². The molecule has 0 saturated heterocycles. The number of fused-ring (bicyclic) bond motifs is 1. The normalized spacial score (nSPS) is 10.7. The van der Waals surface area contributed by atoms with Gasteiger partial charge in [0.2, 0.25) is 0 Å². The highest BCUT2D eigenvalue weighted by Crippen LogP contribution is 2.33. The standard InChI is InChI=1S/C15H11Cl2N3OS/c1-8-2-7-11(17)13-12(8)19-15(22-13)20-14(21)18-10-5-3-9(16)4-6-10/h2-7H,1H3,(H2,18,19,20,21). The Labute approximate surface area is 141 Å². The Morgan fingerprint density at radius 3 is 2.50 bits per heavy atom. The van der Waals surface area contributed by atoms with Crippen molar-refractivity contribution in [1.29, 1.82) is 0 Å². The van der Waals surface area contributed by atoms with Gasteiger partial charge in [-0.1, -0.05) is 40.6 Å². The number of nitrogens with zero attached hydrogens (tertiary/aromatic N) is 1. The molecular weight excluding hydrogens is 341 g/mol. The second-order valence-electron chi connectivity index (χ2n) is 4.65. The maximum Gasteiger partial charge on any atom is 0.325 e. The van der Waals surface area contributed by atoms with Crippen molar-refractivity contribution >= 4 is 61.6 Å². The predicted octanol–water partition coefficient (Wildman–Crippen LogP) is 5.56. The Hall–Kier alpha value is -1.82. The topological polar surface area (TPSA) is 54.0 Å². The first-order valence-electron chi connectivity index (χ1n) is 6.42. The molecule has 0 fully saturated rings. The lowest BCUT2D eigenvalue weighted by atomic mass is 10.2. The van der Waals surface area contributed by atoms with Gasteiger partial charge in [0.25, 0.3) is 0 Å². The number of nitrogens with one attached hydrogen (secondary N) is 2. The number of carbonyl (C=O) groups excluding carboxylic acids is 1. The minimum atomic E-state index is -0.366. The number of aromatic nitrogens is 1. The number of carbonyl (C=O) groups is 1. The predicted molar refractivity (Wildman–Crippen MR) is 93.5 cm³/mol.